The average Bonchev–Trinajstić information content (AvgIpc) is 3.00. The van der Waals surface area contributed by atoms with E-state index in [0.717, 1.165) is 16.0 Å². The van der Waals surface area contributed by atoms with Crippen molar-refractivity contribution in [2.45, 2.75) is 25.0 Å². The molecule has 2 atom stereocenters. The molecular weight excluding hydrogens is 374 g/mol. The molecule has 0 bridgehead atoms. The van der Waals surface area contributed by atoms with Crippen molar-refractivity contribution < 1.29 is 24.2 Å². The van der Waals surface area contributed by atoms with Gasteiger partial charge in [-0.2, -0.15) is 0 Å². The lowest BCUT2D eigenvalue weighted by atomic mass is 10.1. The Bertz CT molecular complexity index is 870. The number of carbonyl (C=O) groups is 3. The van der Waals surface area contributed by atoms with Crippen molar-refractivity contribution in [1.29, 1.82) is 0 Å². The van der Waals surface area contributed by atoms with Gasteiger partial charge >= 0.3 is 6.03 Å². The molecule has 3 rings (SSSR count). The first-order valence-corrected chi connectivity index (χ1v) is 9.21. The lowest BCUT2D eigenvalue weighted by molar-refractivity contribution is -0.131. The van der Waals surface area contributed by atoms with Gasteiger partial charge in [-0.1, -0.05) is 42.5 Å². The Labute approximate surface area is 168 Å². The molecule has 8 heteroatoms. The number of amides is 4. The molecule has 1 saturated heterocycles. The number of aliphatic hydroxyl groups excluding tert-OH is 1. The lowest BCUT2D eigenvalue weighted by Crippen LogP contribution is -2.38. The maximum absolute atomic E-state index is 12.6. The first kappa shape index (κ1) is 20.3. The number of imide groups is 1. The van der Waals surface area contributed by atoms with E-state index in [1.807, 2.05) is 18.2 Å². The lowest BCUT2D eigenvalue weighted by Gasteiger charge is -2.18. The summed E-state index contributed by atoms with van der Waals surface area (Å²) >= 11 is 0. The average molecular weight is 397 g/mol. The molecule has 2 aromatic carbocycles. The van der Waals surface area contributed by atoms with E-state index in [1.54, 1.807) is 43.5 Å². The largest absolute Gasteiger partial charge is 0.497 e. The summed E-state index contributed by atoms with van der Waals surface area (Å²) in [7, 11) is 1.56. The van der Waals surface area contributed by atoms with Gasteiger partial charge in [0.2, 0.25) is 5.91 Å². The maximum Gasteiger partial charge on any atom is 0.325 e. The fraction of sp³-hybridized carbons (Fsp3) is 0.286. The number of urea groups is 1. The number of nitrogens with one attached hydrogen (secondary N) is 2. The van der Waals surface area contributed by atoms with Gasteiger partial charge in [0.1, 0.15) is 11.8 Å². The Kier molecular flexibility index (Phi) is 6.46. The van der Waals surface area contributed by atoms with Crippen LogP contribution in [0, 0.1) is 0 Å². The van der Waals surface area contributed by atoms with Crippen LogP contribution in [0.2, 0.25) is 0 Å². The van der Waals surface area contributed by atoms with Crippen LogP contribution >= 0.6 is 0 Å². The van der Waals surface area contributed by atoms with Crippen molar-refractivity contribution in [3.8, 4) is 5.75 Å². The minimum absolute atomic E-state index is 0.107. The minimum Gasteiger partial charge on any atom is -0.497 e. The topological polar surface area (TPSA) is 108 Å². The van der Waals surface area contributed by atoms with Gasteiger partial charge in [0.05, 0.1) is 32.7 Å². The summed E-state index contributed by atoms with van der Waals surface area (Å²) < 4.78 is 5.09. The quantitative estimate of drug-likeness (QED) is 0.583. The highest BCUT2D eigenvalue weighted by atomic mass is 16.5. The maximum atomic E-state index is 12.6. The van der Waals surface area contributed by atoms with Gasteiger partial charge in [-0.05, 0) is 23.3 Å². The monoisotopic (exact) mass is 397 g/mol. The number of methoxy groups -OCH3 is 1. The van der Waals surface area contributed by atoms with E-state index in [0.29, 0.717) is 5.75 Å². The highest BCUT2D eigenvalue weighted by Gasteiger charge is 2.39. The van der Waals surface area contributed by atoms with Crippen LogP contribution in [0.1, 0.15) is 23.6 Å². The normalized spacial score (nSPS) is 17.0. The molecule has 0 spiro atoms. The Morgan fingerprint density at radius 1 is 1.17 bits per heavy atom. The third-order valence-corrected chi connectivity index (χ3v) is 4.72. The molecule has 29 heavy (non-hydrogen) atoms. The van der Waals surface area contributed by atoms with Crippen LogP contribution in [0.15, 0.2) is 54.6 Å². The van der Waals surface area contributed by atoms with E-state index < -0.39 is 29.9 Å². The Morgan fingerprint density at radius 2 is 1.86 bits per heavy atom. The molecule has 4 amide bonds. The van der Waals surface area contributed by atoms with Crippen LogP contribution in [0.4, 0.5) is 4.79 Å². The van der Waals surface area contributed by atoms with Gasteiger partial charge in [-0.15, -0.1) is 0 Å². The van der Waals surface area contributed by atoms with Crippen LogP contribution in [0.3, 0.4) is 0 Å². The molecule has 2 unspecified atom stereocenters. The number of hydrogen-bond donors (Lipinski definition) is 3. The number of hydrogen-bond acceptors (Lipinski definition) is 5. The first-order valence-electron chi connectivity index (χ1n) is 9.21. The predicted octanol–water partition coefficient (Wildman–Crippen LogP) is 1.36. The van der Waals surface area contributed by atoms with Crippen LogP contribution in [-0.2, 0) is 16.1 Å². The number of nitrogens with zero attached hydrogens (tertiary/aromatic N) is 1. The number of ether oxygens (including phenoxy) is 1. The molecule has 0 aromatic heterocycles. The Morgan fingerprint density at radius 3 is 2.48 bits per heavy atom. The van der Waals surface area contributed by atoms with Gasteiger partial charge in [0, 0.05) is 0 Å². The molecule has 1 aliphatic rings. The number of rotatable bonds is 8. The smallest absolute Gasteiger partial charge is 0.325 e. The molecule has 2 aromatic rings. The summed E-state index contributed by atoms with van der Waals surface area (Å²) in [6, 6.07) is 14.0. The highest BCUT2D eigenvalue weighted by molar-refractivity contribution is 6.05. The molecule has 1 fully saturated rings. The molecule has 3 N–H and O–H groups in total. The van der Waals surface area contributed by atoms with E-state index in [9.17, 15) is 19.5 Å². The molecule has 0 radical (unpaired) electrons. The van der Waals surface area contributed by atoms with Crippen molar-refractivity contribution in [3.63, 3.8) is 0 Å². The molecular formula is C21H23N3O5. The summed E-state index contributed by atoms with van der Waals surface area (Å²) in [6.45, 7) is -0.166. The van der Waals surface area contributed by atoms with Crippen molar-refractivity contribution in [2.24, 2.45) is 0 Å². The molecule has 0 saturated carbocycles. The van der Waals surface area contributed by atoms with Crippen LogP contribution in [0.25, 0.3) is 0 Å². The Balaban J connectivity index is 1.59. The Hall–Kier alpha value is -3.39. The van der Waals surface area contributed by atoms with Gasteiger partial charge < -0.3 is 20.5 Å². The van der Waals surface area contributed by atoms with Crippen molar-refractivity contribution in [2.75, 3.05) is 13.7 Å². The summed E-state index contributed by atoms with van der Waals surface area (Å²) in [4.78, 5) is 38.2. The summed E-state index contributed by atoms with van der Waals surface area (Å²) in [5.41, 5.74) is 1.52. The number of aliphatic hydroxyl groups is 1. The third kappa shape index (κ3) is 4.91. The molecule has 8 nitrogen and oxygen atoms in total. The second-order valence-electron chi connectivity index (χ2n) is 6.69. The first-order chi connectivity index (χ1) is 14.0. The fourth-order valence-electron chi connectivity index (χ4n) is 3.14. The molecule has 0 aliphatic carbocycles. The van der Waals surface area contributed by atoms with Gasteiger partial charge in [-0.25, -0.2) is 4.79 Å². The summed E-state index contributed by atoms with van der Waals surface area (Å²) in [6.07, 6.45) is -0.201. The van der Waals surface area contributed by atoms with Crippen LogP contribution < -0.4 is 15.4 Å². The fourth-order valence-corrected chi connectivity index (χ4v) is 3.14. The van der Waals surface area contributed by atoms with Crippen LogP contribution in [0.5, 0.6) is 5.75 Å². The highest BCUT2D eigenvalue weighted by Crippen LogP contribution is 2.18. The van der Waals surface area contributed by atoms with Crippen molar-refractivity contribution >= 4 is 17.8 Å². The molecule has 1 heterocycles. The second-order valence-corrected chi connectivity index (χ2v) is 6.69. The second kappa shape index (κ2) is 9.20. The SMILES string of the molecule is COc1ccc(CN2C(=O)NC(CC(=O)NC(CO)c3ccccc3)C2=O)cc1. The molecule has 1 aliphatic heterocycles. The van der Waals surface area contributed by atoms with Gasteiger partial charge in [-0.3, -0.25) is 14.5 Å². The summed E-state index contributed by atoms with van der Waals surface area (Å²) in [5.74, 6) is -0.212. The standard InChI is InChI=1S/C21H23N3O5/c1-29-16-9-7-14(8-10-16)12-24-20(27)17(23-21(24)28)11-19(26)22-18(13-25)15-5-3-2-4-6-15/h2-10,17-18,25H,11-13H2,1H3,(H,22,26)(H,23,28). The van der Waals surface area contributed by atoms with E-state index in [4.69, 9.17) is 4.74 Å². The number of benzene rings is 2. The van der Waals surface area contributed by atoms with E-state index in [1.165, 1.54) is 0 Å². The molecule has 152 valence electrons. The zero-order valence-corrected chi connectivity index (χ0v) is 16.0. The predicted molar refractivity (Wildman–Crippen MR) is 105 cm³/mol. The van der Waals surface area contributed by atoms with Crippen molar-refractivity contribution in [3.05, 3.63) is 65.7 Å². The van der Waals surface area contributed by atoms with E-state index in [2.05, 4.69) is 10.6 Å². The van der Waals surface area contributed by atoms with Crippen LogP contribution in [-0.4, -0.2) is 47.6 Å². The van der Waals surface area contributed by atoms with Crippen molar-refractivity contribution in [1.82, 2.24) is 15.5 Å². The minimum atomic E-state index is -0.934. The zero-order valence-electron chi connectivity index (χ0n) is 16.0. The van der Waals surface area contributed by atoms with E-state index >= 15 is 0 Å². The van der Waals surface area contributed by atoms with E-state index in [-0.39, 0.29) is 19.6 Å². The van der Waals surface area contributed by atoms with Gasteiger partial charge in [0.15, 0.2) is 0 Å². The number of carbonyl (C=O) groups excluding carboxylic acids is 3. The zero-order chi connectivity index (χ0) is 20.8. The summed E-state index contributed by atoms with van der Waals surface area (Å²) in [5, 5.41) is 14.8. The van der Waals surface area contributed by atoms with Gasteiger partial charge in [0.25, 0.3) is 5.91 Å². The third-order valence-electron chi connectivity index (χ3n) is 4.72.